The van der Waals surface area contributed by atoms with E-state index in [9.17, 15) is 9.18 Å². The minimum absolute atomic E-state index is 0.102. The molecule has 0 spiro atoms. The van der Waals surface area contributed by atoms with Gasteiger partial charge < -0.3 is 20.5 Å². The Kier molecular flexibility index (Phi) is 4.61. The molecule has 0 aromatic heterocycles. The van der Waals surface area contributed by atoms with Crippen molar-refractivity contribution in [1.82, 2.24) is 0 Å². The largest absolute Gasteiger partial charge is 0.497 e. The fourth-order valence-electron chi connectivity index (χ4n) is 1.66. The fourth-order valence-corrected chi connectivity index (χ4v) is 1.66. The van der Waals surface area contributed by atoms with Gasteiger partial charge in [0.05, 0.1) is 18.5 Å². The number of methoxy groups -OCH3 is 1. The molecule has 0 aliphatic heterocycles. The lowest BCUT2D eigenvalue weighted by atomic mass is 10.3. The van der Waals surface area contributed by atoms with Crippen molar-refractivity contribution in [2.75, 3.05) is 24.8 Å². The lowest BCUT2D eigenvalue weighted by molar-refractivity contribution is -0.118. The Bertz CT molecular complexity index is 647. The Labute approximate surface area is 121 Å². The van der Waals surface area contributed by atoms with Crippen LogP contribution in [0.3, 0.4) is 0 Å². The number of benzene rings is 2. The molecule has 0 aliphatic carbocycles. The van der Waals surface area contributed by atoms with Gasteiger partial charge in [-0.1, -0.05) is 12.1 Å². The van der Waals surface area contributed by atoms with Crippen LogP contribution in [0.2, 0.25) is 0 Å². The summed E-state index contributed by atoms with van der Waals surface area (Å²) in [5.41, 5.74) is 6.22. The number of nitrogen functional groups attached to an aromatic ring is 1. The molecule has 21 heavy (non-hydrogen) atoms. The summed E-state index contributed by atoms with van der Waals surface area (Å²) in [5, 5.41) is 2.42. The number of rotatable bonds is 5. The molecule has 0 unspecified atom stereocenters. The van der Waals surface area contributed by atoms with Gasteiger partial charge in [-0.3, -0.25) is 4.79 Å². The van der Waals surface area contributed by atoms with Crippen molar-refractivity contribution < 1.29 is 18.7 Å². The van der Waals surface area contributed by atoms with E-state index in [1.807, 2.05) is 0 Å². The smallest absolute Gasteiger partial charge is 0.262 e. The van der Waals surface area contributed by atoms with Crippen molar-refractivity contribution in [2.24, 2.45) is 0 Å². The van der Waals surface area contributed by atoms with E-state index >= 15 is 0 Å². The number of carbonyl (C=O) groups excluding carboxylic acids is 1. The summed E-state index contributed by atoms with van der Waals surface area (Å²) in [6.07, 6.45) is 0. The number of halogens is 1. The van der Waals surface area contributed by atoms with Gasteiger partial charge in [0.2, 0.25) is 0 Å². The molecule has 0 saturated heterocycles. The minimum Gasteiger partial charge on any atom is -0.497 e. The minimum atomic E-state index is -0.508. The Morgan fingerprint density at radius 1 is 1.29 bits per heavy atom. The number of nitrogens with one attached hydrogen (secondary N) is 1. The van der Waals surface area contributed by atoms with E-state index in [0.29, 0.717) is 17.2 Å². The first-order valence-corrected chi connectivity index (χ1v) is 6.21. The van der Waals surface area contributed by atoms with E-state index in [1.54, 1.807) is 30.3 Å². The monoisotopic (exact) mass is 290 g/mol. The van der Waals surface area contributed by atoms with E-state index < -0.39 is 11.7 Å². The first-order chi connectivity index (χ1) is 10.1. The number of amides is 1. The maximum atomic E-state index is 13.4. The summed E-state index contributed by atoms with van der Waals surface area (Å²) in [4.78, 5) is 11.7. The third-order valence-corrected chi connectivity index (χ3v) is 2.73. The number of ether oxygens (including phenoxy) is 2. The Morgan fingerprint density at radius 3 is 2.76 bits per heavy atom. The van der Waals surface area contributed by atoms with Crippen LogP contribution in [0, 0.1) is 5.82 Å². The number of para-hydroxylation sites is 1. The Hall–Kier alpha value is -2.76. The van der Waals surface area contributed by atoms with Crippen molar-refractivity contribution >= 4 is 17.3 Å². The molecule has 3 N–H and O–H groups in total. The zero-order valence-electron chi connectivity index (χ0n) is 11.4. The lowest BCUT2D eigenvalue weighted by Gasteiger charge is -2.11. The highest BCUT2D eigenvalue weighted by molar-refractivity contribution is 5.92. The molecule has 6 heteroatoms. The van der Waals surface area contributed by atoms with Crippen molar-refractivity contribution in [2.45, 2.75) is 0 Å². The summed E-state index contributed by atoms with van der Waals surface area (Å²) < 4.78 is 23.7. The molecule has 0 heterocycles. The van der Waals surface area contributed by atoms with Crippen LogP contribution in [0.25, 0.3) is 0 Å². The number of anilines is 2. The maximum absolute atomic E-state index is 13.4. The van der Waals surface area contributed by atoms with E-state index in [2.05, 4.69) is 5.32 Å². The summed E-state index contributed by atoms with van der Waals surface area (Å²) in [5.74, 6) is -0.0965. The van der Waals surface area contributed by atoms with Crippen LogP contribution in [0.1, 0.15) is 0 Å². The van der Waals surface area contributed by atoms with Crippen LogP contribution in [0.4, 0.5) is 15.8 Å². The van der Waals surface area contributed by atoms with Crippen LogP contribution in [-0.4, -0.2) is 19.6 Å². The molecule has 0 fully saturated rings. The average Bonchev–Trinajstić information content (AvgIpc) is 2.49. The molecule has 2 aromatic rings. The van der Waals surface area contributed by atoms with Crippen LogP contribution < -0.4 is 20.5 Å². The predicted octanol–water partition coefficient (Wildman–Crippen LogP) is 2.43. The quantitative estimate of drug-likeness (QED) is 0.829. The second-order valence-electron chi connectivity index (χ2n) is 4.22. The van der Waals surface area contributed by atoms with Gasteiger partial charge in [-0.2, -0.15) is 0 Å². The standard InChI is InChI=1S/C15H15FN2O3/c1-20-10-6-7-12(17)14(8-10)21-9-15(19)18-13-5-3-2-4-11(13)16/h2-8H,9,17H2,1H3,(H,18,19). The highest BCUT2D eigenvalue weighted by Gasteiger charge is 2.09. The van der Waals surface area contributed by atoms with Crippen LogP contribution >= 0.6 is 0 Å². The number of carbonyl (C=O) groups is 1. The topological polar surface area (TPSA) is 73.6 Å². The molecule has 0 saturated carbocycles. The van der Waals surface area contributed by atoms with Crippen molar-refractivity contribution in [1.29, 1.82) is 0 Å². The molecule has 2 aromatic carbocycles. The zero-order valence-corrected chi connectivity index (χ0v) is 11.4. The molecule has 0 atom stereocenters. The first kappa shape index (κ1) is 14.6. The Morgan fingerprint density at radius 2 is 2.05 bits per heavy atom. The molecule has 1 amide bonds. The van der Waals surface area contributed by atoms with E-state index in [1.165, 1.54) is 19.2 Å². The number of nitrogens with two attached hydrogens (primary N) is 1. The Balaban J connectivity index is 1.97. The highest BCUT2D eigenvalue weighted by Crippen LogP contribution is 2.26. The molecule has 0 aliphatic rings. The lowest BCUT2D eigenvalue weighted by Crippen LogP contribution is -2.21. The summed E-state index contributed by atoms with van der Waals surface area (Å²) in [6.45, 7) is -0.286. The van der Waals surface area contributed by atoms with E-state index in [4.69, 9.17) is 15.2 Å². The van der Waals surface area contributed by atoms with Gasteiger partial charge in [-0.25, -0.2) is 4.39 Å². The molecule has 5 nitrogen and oxygen atoms in total. The molecular weight excluding hydrogens is 275 g/mol. The first-order valence-electron chi connectivity index (χ1n) is 6.21. The van der Waals surface area contributed by atoms with Crippen LogP contribution in [0.5, 0.6) is 11.5 Å². The summed E-state index contributed by atoms with van der Waals surface area (Å²) in [6, 6.07) is 10.8. The maximum Gasteiger partial charge on any atom is 0.262 e. The van der Waals surface area contributed by atoms with Gasteiger partial charge in [0, 0.05) is 6.07 Å². The third kappa shape index (κ3) is 3.85. The van der Waals surface area contributed by atoms with Gasteiger partial charge in [0.1, 0.15) is 17.3 Å². The van der Waals surface area contributed by atoms with Crippen LogP contribution in [-0.2, 0) is 4.79 Å². The van der Waals surface area contributed by atoms with Crippen molar-refractivity contribution in [3.05, 3.63) is 48.3 Å². The molecule has 110 valence electrons. The average molecular weight is 290 g/mol. The molecule has 0 bridgehead atoms. The third-order valence-electron chi connectivity index (χ3n) is 2.73. The van der Waals surface area contributed by atoms with Crippen molar-refractivity contribution in [3.8, 4) is 11.5 Å². The van der Waals surface area contributed by atoms with Gasteiger partial charge >= 0.3 is 0 Å². The van der Waals surface area contributed by atoms with Gasteiger partial charge in [0.25, 0.3) is 5.91 Å². The molecule has 0 radical (unpaired) electrons. The SMILES string of the molecule is COc1ccc(N)c(OCC(=O)Nc2ccccc2F)c1. The molecule has 2 rings (SSSR count). The summed E-state index contributed by atoms with van der Waals surface area (Å²) >= 11 is 0. The normalized spacial score (nSPS) is 10.0. The van der Waals surface area contributed by atoms with E-state index in [0.717, 1.165) is 0 Å². The van der Waals surface area contributed by atoms with Gasteiger partial charge in [-0.05, 0) is 24.3 Å². The summed E-state index contributed by atoms with van der Waals surface area (Å²) in [7, 11) is 1.51. The number of hydrogen-bond donors (Lipinski definition) is 2. The van der Waals surface area contributed by atoms with Crippen LogP contribution in [0.15, 0.2) is 42.5 Å². The second-order valence-corrected chi connectivity index (χ2v) is 4.22. The number of hydrogen-bond acceptors (Lipinski definition) is 4. The second kappa shape index (κ2) is 6.60. The zero-order chi connectivity index (χ0) is 15.2. The van der Waals surface area contributed by atoms with Gasteiger partial charge in [0.15, 0.2) is 6.61 Å². The fraction of sp³-hybridized carbons (Fsp3) is 0.133. The van der Waals surface area contributed by atoms with E-state index in [-0.39, 0.29) is 12.3 Å². The highest BCUT2D eigenvalue weighted by atomic mass is 19.1. The van der Waals surface area contributed by atoms with Gasteiger partial charge in [-0.15, -0.1) is 0 Å². The predicted molar refractivity (Wildman–Crippen MR) is 77.9 cm³/mol. The van der Waals surface area contributed by atoms with Crippen molar-refractivity contribution in [3.63, 3.8) is 0 Å². The molecular formula is C15H15FN2O3.